The van der Waals surface area contributed by atoms with Gasteiger partial charge in [-0.05, 0) is 36.4 Å². The van der Waals surface area contributed by atoms with Crippen LogP contribution in [0.25, 0.3) is 0 Å². The summed E-state index contributed by atoms with van der Waals surface area (Å²) in [6, 6.07) is 13.8. The lowest BCUT2D eigenvalue weighted by Gasteiger charge is -2.09. The normalized spacial score (nSPS) is 10.0. The molecular formula is C21H18N4O2. The number of nitrogens with one attached hydrogen (secondary N) is 2. The highest BCUT2D eigenvalue weighted by Crippen LogP contribution is 2.15. The Labute approximate surface area is 157 Å². The maximum absolute atomic E-state index is 12.4. The molecule has 0 saturated heterocycles. The second-order valence-electron chi connectivity index (χ2n) is 5.86. The molecule has 0 saturated carbocycles. The lowest BCUT2D eigenvalue weighted by molar-refractivity contribution is -0.116. The Morgan fingerprint density at radius 3 is 2.59 bits per heavy atom. The average Bonchev–Trinajstić information content (AvgIpc) is 3.20. The average molecular weight is 358 g/mol. The first-order valence-electron chi connectivity index (χ1n) is 8.38. The molecule has 0 fully saturated rings. The third kappa shape index (κ3) is 5.06. The maximum atomic E-state index is 12.4. The third-order valence-corrected chi connectivity index (χ3v) is 3.85. The fourth-order valence-electron chi connectivity index (χ4n) is 2.50. The van der Waals surface area contributed by atoms with Gasteiger partial charge in [0.2, 0.25) is 5.91 Å². The highest BCUT2D eigenvalue weighted by molar-refractivity contribution is 6.05. The molecule has 0 bridgehead atoms. The number of hydrogen-bond donors (Lipinski definition) is 2. The molecule has 0 unspecified atom stereocenters. The van der Waals surface area contributed by atoms with Gasteiger partial charge in [0.05, 0.1) is 6.33 Å². The van der Waals surface area contributed by atoms with Gasteiger partial charge in [-0.25, -0.2) is 4.98 Å². The van der Waals surface area contributed by atoms with Gasteiger partial charge >= 0.3 is 0 Å². The highest BCUT2D eigenvalue weighted by atomic mass is 16.2. The Bertz CT molecular complexity index is 987. The van der Waals surface area contributed by atoms with Crippen LogP contribution in [0.1, 0.15) is 22.3 Å². The third-order valence-electron chi connectivity index (χ3n) is 3.85. The molecule has 6 nitrogen and oxygen atoms in total. The number of nitrogens with zero attached hydrogens (tertiary/aromatic N) is 2. The van der Waals surface area contributed by atoms with Crippen molar-refractivity contribution in [3.63, 3.8) is 0 Å². The van der Waals surface area contributed by atoms with Crippen LogP contribution in [0.3, 0.4) is 0 Å². The summed E-state index contributed by atoms with van der Waals surface area (Å²) in [6.45, 7) is 0.539. The minimum Gasteiger partial charge on any atom is -0.337 e. The maximum Gasteiger partial charge on any atom is 0.255 e. The molecule has 0 spiro atoms. The van der Waals surface area contributed by atoms with Crippen molar-refractivity contribution in [3.05, 3.63) is 78.4 Å². The van der Waals surface area contributed by atoms with Gasteiger partial charge in [0.15, 0.2) is 0 Å². The molecule has 134 valence electrons. The van der Waals surface area contributed by atoms with E-state index >= 15 is 0 Å². The molecule has 0 aliphatic heterocycles. The van der Waals surface area contributed by atoms with Gasteiger partial charge in [0.1, 0.15) is 0 Å². The molecule has 3 rings (SSSR count). The molecule has 1 aromatic heterocycles. The number of carbonyl (C=O) groups is 2. The molecule has 27 heavy (non-hydrogen) atoms. The fourth-order valence-corrected chi connectivity index (χ4v) is 2.50. The predicted octanol–water partition coefficient (Wildman–Crippen LogP) is 3.15. The lowest BCUT2D eigenvalue weighted by Crippen LogP contribution is -2.15. The number of carbonyl (C=O) groups excluding carboxylic acids is 2. The minimum atomic E-state index is -0.279. The van der Waals surface area contributed by atoms with E-state index in [4.69, 9.17) is 6.42 Å². The van der Waals surface area contributed by atoms with Crippen LogP contribution in [0.4, 0.5) is 11.4 Å². The van der Waals surface area contributed by atoms with E-state index in [-0.39, 0.29) is 11.8 Å². The van der Waals surface area contributed by atoms with E-state index < -0.39 is 0 Å². The Morgan fingerprint density at radius 2 is 1.85 bits per heavy atom. The first-order valence-corrected chi connectivity index (χ1v) is 8.38. The van der Waals surface area contributed by atoms with Gasteiger partial charge in [-0.2, -0.15) is 0 Å². The van der Waals surface area contributed by atoms with Crippen LogP contribution in [-0.2, 0) is 11.3 Å². The van der Waals surface area contributed by atoms with E-state index in [9.17, 15) is 9.59 Å². The molecule has 2 aromatic carbocycles. The molecule has 0 aliphatic carbocycles. The van der Waals surface area contributed by atoms with Crippen molar-refractivity contribution in [2.24, 2.45) is 0 Å². The van der Waals surface area contributed by atoms with Crippen LogP contribution < -0.4 is 10.6 Å². The number of terminal acetylenes is 1. The first-order chi connectivity index (χ1) is 13.1. The SMILES string of the molecule is C#Cc1cccc(NC(=O)c2cccc(NC(=O)CCn3ccnc3)c2)c1. The van der Waals surface area contributed by atoms with Crippen LogP contribution in [0.5, 0.6) is 0 Å². The van der Waals surface area contributed by atoms with Crippen LogP contribution in [-0.4, -0.2) is 21.4 Å². The number of rotatable bonds is 6. The highest BCUT2D eigenvalue weighted by Gasteiger charge is 2.09. The molecule has 0 atom stereocenters. The smallest absolute Gasteiger partial charge is 0.255 e. The summed E-state index contributed by atoms with van der Waals surface area (Å²) >= 11 is 0. The number of amides is 2. The van der Waals surface area contributed by atoms with Crippen LogP contribution in [0, 0.1) is 12.3 Å². The number of benzene rings is 2. The second-order valence-corrected chi connectivity index (χ2v) is 5.86. The monoisotopic (exact) mass is 358 g/mol. The molecule has 6 heteroatoms. The summed E-state index contributed by atoms with van der Waals surface area (Å²) in [5.74, 6) is 2.11. The van der Waals surface area contributed by atoms with Crippen molar-refractivity contribution in [2.75, 3.05) is 10.6 Å². The molecule has 0 aliphatic rings. The van der Waals surface area contributed by atoms with Crippen LogP contribution in [0.15, 0.2) is 67.3 Å². The molecular weight excluding hydrogens is 340 g/mol. The van der Waals surface area contributed by atoms with E-state index in [1.54, 1.807) is 67.3 Å². The summed E-state index contributed by atoms with van der Waals surface area (Å²) in [6.07, 6.45) is 10.8. The van der Waals surface area contributed by atoms with E-state index in [1.165, 1.54) is 0 Å². The van der Waals surface area contributed by atoms with Gasteiger partial charge in [-0.1, -0.05) is 18.1 Å². The molecule has 1 heterocycles. The second kappa shape index (κ2) is 8.50. The summed E-state index contributed by atoms with van der Waals surface area (Å²) in [5.41, 5.74) is 2.31. The molecule has 3 aromatic rings. The van der Waals surface area contributed by atoms with Gasteiger partial charge in [0.25, 0.3) is 5.91 Å². The van der Waals surface area contributed by atoms with Crippen molar-refractivity contribution in [3.8, 4) is 12.3 Å². The van der Waals surface area contributed by atoms with Gasteiger partial charge in [0, 0.05) is 47.9 Å². The molecule has 2 N–H and O–H groups in total. The standard InChI is InChI=1S/C21H18N4O2/c1-2-16-5-3-7-18(13-16)24-21(27)17-6-4-8-19(14-17)23-20(26)9-11-25-12-10-22-15-25/h1,3-8,10,12-15H,9,11H2,(H,23,26)(H,24,27). The van der Waals surface area contributed by atoms with E-state index in [0.717, 1.165) is 0 Å². The van der Waals surface area contributed by atoms with E-state index in [1.807, 2.05) is 4.57 Å². The number of imidazole rings is 1. The van der Waals surface area contributed by atoms with Gasteiger partial charge in [-0.15, -0.1) is 6.42 Å². The largest absolute Gasteiger partial charge is 0.337 e. The molecule has 0 radical (unpaired) electrons. The van der Waals surface area contributed by atoms with Crippen molar-refractivity contribution in [2.45, 2.75) is 13.0 Å². The zero-order valence-electron chi connectivity index (χ0n) is 14.6. The summed E-state index contributed by atoms with van der Waals surface area (Å²) < 4.78 is 1.83. The Morgan fingerprint density at radius 1 is 1.07 bits per heavy atom. The Kier molecular flexibility index (Phi) is 5.65. The molecule has 2 amide bonds. The Hall–Kier alpha value is -3.85. The van der Waals surface area contributed by atoms with Crippen LogP contribution in [0.2, 0.25) is 0 Å². The number of hydrogen-bond acceptors (Lipinski definition) is 3. The quantitative estimate of drug-likeness (QED) is 0.665. The van der Waals surface area contributed by atoms with E-state index in [0.29, 0.717) is 35.5 Å². The number of aryl methyl sites for hydroxylation is 1. The van der Waals surface area contributed by atoms with Crippen LogP contribution >= 0.6 is 0 Å². The van der Waals surface area contributed by atoms with Gasteiger partial charge in [-0.3, -0.25) is 9.59 Å². The van der Waals surface area contributed by atoms with Crippen molar-refractivity contribution in [1.29, 1.82) is 0 Å². The summed E-state index contributed by atoms with van der Waals surface area (Å²) in [7, 11) is 0. The Balaban J connectivity index is 1.61. The predicted molar refractivity (Wildman–Crippen MR) is 104 cm³/mol. The minimum absolute atomic E-state index is 0.136. The van der Waals surface area contributed by atoms with Crippen molar-refractivity contribution >= 4 is 23.2 Å². The first kappa shape index (κ1) is 18.0. The van der Waals surface area contributed by atoms with E-state index in [2.05, 4.69) is 21.5 Å². The fraction of sp³-hybridized carbons (Fsp3) is 0.0952. The van der Waals surface area contributed by atoms with Crippen molar-refractivity contribution in [1.82, 2.24) is 9.55 Å². The summed E-state index contributed by atoms with van der Waals surface area (Å²) in [4.78, 5) is 28.5. The zero-order chi connectivity index (χ0) is 19.1. The number of aromatic nitrogens is 2. The summed E-state index contributed by atoms with van der Waals surface area (Å²) in [5, 5.41) is 5.60. The number of anilines is 2. The van der Waals surface area contributed by atoms with Crippen molar-refractivity contribution < 1.29 is 9.59 Å². The zero-order valence-corrected chi connectivity index (χ0v) is 14.6. The topological polar surface area (TPSA) is 76.0 Å². The lowest BCUT2D eigenvalue weighted by atomic mass is 10.1. The van der Waals surface area contributed by atoms with Gasteiger partial charge < -0.3 is 15.2 Å².